The molecule has 8 heteroatoms. The molecule has 150 valence electrons. The maximum Gasteiger partial charge on any atom is 0.337 e. The summed E-state index contributed by atoms with van der Waals surface area (Å²) in [4.78, 5) is 11.7. The van der Waals surface area contributed by atoms with Crippen LogP contribution in [0.3, 0.4) is 0 Å². The Bertz CT molecular complexity index is 989. The largest absolute Gasteiger partial charge is 0.486 e. The van der Waals surface area contributed by atoms with E-state index in [1.807, 2.05) is 16.7 Å². The van der Waals surface area contributed by atoms with Crippen molar-refractivity contribution in [2.45, 2.75) is 24.1 Å². The van der Waals surface area contributed by atoms with Gasteiger partial charge in [0.05, 0.1) is 12.7 Å². The molecule has 1 aromatic heterocycles. The molecule has 6 nitrogen and oxygen atoms in total. The van der Waals surface area contributed by atoms with E-state index in [4.69, 9.17) is 9.47 Å². The lowest BCUT2D eigenvalue weighted by molar-refractivity contribution is 0.0600. The van der Waals surface area contributed by atoms with E-state index in [2.05, 4.69) is 16.8 Å². The summed E-state index contributed by atoms with van der Waals surface area (Å²) in [6.45, 7) is 4.51. The molecule has 3 aromatic rings. The molecule has 0 atom stereocenters. The van der Waals surface area contributed by atoms with Crippen LogP contribution in [0.2, 0.25) is 0 Å². The van der Waals surface area contributed by atoms with Gasteiger partial charge in [0.2, 0.25) is 0 Å². The SMILES string of the molecule is C=CCn1c(COc2ccc(F)cc2)nnc1SCc1cccc(C(=O)OC)c1. The first-order valence-corrected chi connectivity index (χ1v) is 9.80. The van der Waals surface area contributed by atoms with Gasteiger partial charge in [-0.15, -0.1) is 16.8 Å². The van der Waals surface area contributed by atoms with Crippen molar-refractivity contribution >= 4 is 17.7 Å². The number of esters is 1. The van der Waals surface area contributed by atoms with Gasteiger partial charge in [-0.1, -0.05) is 30.0 Å². The summed E-state index contributed by atoms with van der Waals surface area (Å²) in [6.07, 6.45) is 1.76. The zero-order valence-electron chi connectivity index (χ0n) is 15.9. The number of rotatable bonds is 9. The molecule has 0 amide bonds. The molecule has 3 rings (SSSR count). The first-order chi connectivity index (χ1) is 14.1. The first-order valence-electron chi connectivity index (χ1n) is 8.82. The molecular formula is C21H20FN3O3S. The minimum Gasteiger partial charge on any atom is -0.486 e. The van der Waals surface area contributed by atoms with Crippen LogP contribution in [0.25, 0.3) is 0 Å². The minimum absolute atomic E-state index is 0.199. The van der Waals surface area contributed by atoms with Gasteiger partial charge in [0.15, 0.2) is 11.0 Å². The number of halogens is 1. The smallest absolute Gasteiger partial charge is 0.337 e. The zero-order chi connectivity index (χ0) is 20.6. The van der Waals surface area contributed by atoms with Crippen molar-refractivity contribution in [3.05, 3.63) is 84.0 Å². The fourth-order valence-corrected chi connectivity index (χ4v) is 3.49. The van der Waals surface area contributed by atoms with Gasteiger partial charge in [0.25, 0.3) is 0 Å². The quantitative estimate of drug-likeness (QED) is 0.297. The van der Waals surface area contributed by atoms with Gasteiger partial charge >= 0.3 is 5.97 Å². The molecule has 0 N–H and O–H groups in total. The summed E-state index contributed by atoms with van der Waals surface area (Å²) in [6, 6.07) is 13.1. The normalized spacial score (nSPS) is 10.6. The molecule has 0 aliphatic carbocycles. The molecular weight excluding hydrogens is 393 g/mol. The average molecular weight is 413 g/mol. The summed E-state index contributed by atoms with van der Waals surface area (Å²) in [7, 11) is 1.36. The molecule has 0 saturated heterocycles. The third-order valence-corrected chi connectivity index (χ3v) is 5.04. The van der Waals surface area contributed by atoms with E-state index in [1.165, 1.54) is 31.0 Å². The number of nitrogens with zero attached hydrogens (tertiary/aromatic N) is 3. The van der Waals surface area contributed by atoms with E-state index in [0.29, 0.717) is 34.6 Å². The molecule has 2 aromatic carbocycles. The zero-order valence-corrected chi connectivity index (χ0v) is 16.7. The summed E-state index contributed by atoms with van der Waals surface area (Å²) < 4.78 is 25.4. The Labute approximate surface area is 172 Å². The van der Waals surface area contributed by atoms with Crippen LogP contribution < -0.4 is 4.74 Å². The molecule has 0 fully saturated rings. The second-order valence-electron chi connectivity index (χ2n) is 6.02. The Morgan fingerprint density at radius 1 is 1.24 bits per heavy atom. The number of aromatic nitrogens is 3. The van der Waals surface area contributed by atoms with Crippen molar-refractivity contribution in [2.24, 2.45) is 0 Å². The number of methoxy groups -OCH3 is 1. The van der Waals surface area contributed by atoms with Crippen molar-refractivity contribution < 1.29 is 18.7 Å². The molecule has 0 unspecified atom stereocenters. The maximum absolute atomic E-state index is 13.0. The third kappa shape index (κ3) is 5.45. The second-order valence-corrected chi connectivity index (χ2v) is 6.96. The molecule has 0 saturated carbocycles. The van der Waals surface area contributed by atoms with Crippen LogP contribution in [-0.4, -0.2) is 27.8 Å². The van der Waals surface area contributed by atoms with Crippen molar-refractivity contribution in [1.29, 1.82) is 0 Å². The lowest BCUT2D eigenvalue weighted by Gasteiger charge is -2.09. The summed E-state index contributed by atoms with van der Waals surface area (Å²) in [5.74, 6) is 1.11. The van der Waals surface area contributed by atoms with Crippen LogP contribution in [0.5, 0.6) is 5.75 Å². The monoisotopic (exact) mass is 413 g/mol. The van der Waals surface area contributed by atoms with Gasteiger partial charge < -0.3 is 9.47 Å². The molecule has 0 radical (unpaired) electrons. The molecule has 0 spiro atoms. The van der Waals surface area contributed by atoms with E-state index in [9.17, 15) is 9.18 Å². The van der Waals surface area contributed by atoms with E-state index in [-0.39, 0.29) is 18.4 Å². The van der Waals surface area contributed by atoms with Crippen LogP contribution in [0.4, 0.5) is 4.39 Å². The second kappa shape index (κ2) is 9.88. The summed E-state index contributed by atoms with van der Waals surface area (Å²) in [5.41, 5.74) is 1.47. The number of hydrogen-bond donors (Lipinski definition) is 0. The van der Waals surface area contributed by atoms with Crippen LogP contribution in [0.1, 0.15) is 21.7 Å². The Hall–Kier alpha value is -3.13. The molecule has 0 bridgehead atoms. The van der Waals surface area contributed by atoms with Crippen LogP contribution in [0, 0.1) is 5.82 Å². The van der Waals surface area contributed by atoms with E-state index >= 15 is 0 Å². The Kier molecular flexibility index (Phi) is 7.02. The van der Waals surface area contributed by atoms with Crippen LogP contribution in [0.15, 0.2) is 66.3 Å². The third-order valence-electron chi connectivity index (χ3n) is 4.00. The number of carbonyl (C=O) groups excluding carboxylic acids is 1. The van der Waals surface area contributed by atoms with E-state index < -0.39 is 0 Å². The standard InChI is InChI=1S/C21H20FN3O3S/c1-3-11-25-19(13-28-18-9-7-17(22)8-10-18)23-24-21(25)29-14-15-5-4-6-16(12-15)20(26)27-2/h3-10,12H,1,11,13-14H2,2H3. The number of thioether (sulfide) groups is 1. The Morgan fingerprint density at radius 2 is 2.03 bits per heavy atom. The Balaban J connectivity index is 1.69. The van der Waals surface area contributed by atoms with Gasteiger partial charge in [0.1, 0.15) is 18.2 Å². The maximum atomic E-state index is 13.0. The van der Waals surface area contributed by atoms with E-state index in [1.54, 1.807) is 30.3 Å². The number of allylic oxidation sites excluding steroid dienone is 1. The minimum atomic E-state index is -0.369. The average Bonchev–Trinajstić information content (AvgIpc) is 3.13. The van der Waals surface area contributed by atoms with Crippen molar-refractivity contribution in [3.63, 3.8) is 0 Å². The summed E-state index contributed by atoms with van der Waals surface area (Å²) >= 11 is 1.50. The van der Waals surface area contributed by atoms with Gasteiger partial charge in [0, 0.05) is 12.3 Å². The highest BCUT2D eigenvalue weighted by atomic mass is 32.2. The van der Waals surface area contributed by atoms with E-state index in [0.717, 1.165) is 5.56 Å². The number of ether oxygens (including phenoxy) is 2. The topological polar surface area (TPSA) is 66.2 Å². The number of hydrogen-bond acceptors (Lipinski definition) is 6. The number of carbonyl (C=O) groups is 1. The summed E-state index contributed by atoms with van der Waals surface area (Å²) in [5, 5.41) is 9.17. The molecule has 0 aliphatic rings. The van der Waals surface area contributed by atoms with Crippen molar-refractivity contribution in [3.8, 4) is 5.75 Å². The predicted molar refractivity (Wildman–Crippen MR) is 108 cm³/mol. The fourth-order valence-electron chi connectivity index (χ4n) is 2.58. The molecule has 1 heterocycles. The highest BCUT2D eigenvalue weighted by Crippen LogP contribution is 2.23. The lowest BCUT2D eigenvalue weighted by Crippen LogP contribution is -2.07. The van der Waals surface area contributed by atoms with Gasteiger partial charge in [-0.25, -0.2) is 9.18 Å². The highest BCUT2D eigenvalue weighted by molar-refractivity contribution is 7.98. The highest BCUT2D eigenvalue weighted by Gasteiger charge is 2.13. The van der Waals surface area contributed by atoms with Gasteiger partial charge in [-0.05, 0) is 42.0 Å². The van der Waals surface area contributed by atoms with Crippen LogP contribution >= 0.6 is 11.8 Å². The molecule has 29 heavy (non-hydrogen) atoms. The number of benzene rings is 2. The lowest BCUT2D eigenvalue weighted by atomic mass is 10.1. The van der Waals surface area contributed by atoms with Crippen molar-refractivity contribution in [2.75, 3.05) is 7.11 Å². The van der Waals surface area contributed by atoms with Gasteiger partial charge in [-0.3, -0.25) is 4.57 Å². The van der Waals surface area contributed by atoms with Crippen molar-refractivity contribution in [1.82, 2.24) is 14.8 Å². The predicted octanol–water partition coefficient (Wildman–Crippen LogP) is 4.26. The molecule has 0 aliphatic heterocycles. The Morgan fingerprint density at radius 3 is 2.76 bits per heavy atom. The first kappa shape index (κ1) is 20.6. The fraction of sp³-hybridized carbons (Fsp3) is 0.190. The van der Waals surface area contributed by atoms with Crippen LogP contribution in [-0.2, 0) is 23.6 Å². The van der Waals surface area contributed by atoms with Gasteiger partial charge in [-0.2, -0.15) is 0 Å².